The predicted octanol–water partition coefficient (Wildman–Crippen LogP) is 1.35. The summed E-state index contributed by atoms with van der Waals surface area (Å²) in [5.74, 6) is 0.0882. The molecule has 1 unspecified atom stereocenters. The summed E-state index contributed by atoms with van der Waals surface area (Å²) in [6.45, 7) is 1.80. The maximum absolute atomic E-state index is 12.1. The van der Waals surface area contributed by atoms with Crippen LogP contribution in [-0.4, -0.2) is 41.9 Å². The molecule has 0 radical (unpaired) electrons. The van der Waals surface area contributed by atoms with E-state index in [9.17, 15) is 14.9 Å². The molecule has 0 bridgehead atoms. The van der Waals surface area contributed by atoms with E-state index in [1.54, 1.807) is 11.0 Å². The smallest absolute Gasteiger partial charge is 0.269 e. The monoisotopic (exact) mass is 277 g/mol. The van der Waals surface area contributed by atoms with E-state index >= 15 is 0 Å². The van der Waals surface area contributed by atoms with Crippen LogP contribution in [0.3, 0.4) is 0 Å². The van der Waals surface area contributed by atoms with Gasteiger partial charge in [0, 0.05) is 38.2 Å². The maximum Gasteiger partial charge on any atom is 0.269 e. The molecule has 1 aliphatic rings. The minimum absolute atomic E-state index is 0.0725. The lowest BCUT2D eigenvalue weighted by atomic mass is 10.1. The summed E-state index contributed by atoms with van der Waals surface area (Å²) >= 11 is 0. The summed E-state index contributed by atoms with van der Waals surface area (Å²) in [7, 11) is 1.83. The zero-order chi connectivity index (χ0) is 14.5. The summed E-state index contributed by atoms with van der Waals surface area (Å²) in [5.41, 5.74) is 0.897. The minimum atomic E-state index is -0.415. The molecule has 1 N–H and O–H groups in total. The molecule has 0 spiro atoms. The third-order valence-electron chi connectivity index (χ3n) is 3.72. The van der Waals surface area contributed by atoms with Gasteiger partial charge in [-0.1, -0.05) is 12.1 Å². The van der Waals surface area contributed by atoms with Crippen molar-refractivity contribution in [2.24, 2.45) is 0 Å². The molecule has 0 aliphatic carbocycles. The second-order valence-corrected chi connectivity index (χ2v) is 5.08. The van der Waals surface area contributed by atoms with Crippen LogP contribution in [0.4, 0.5) is 5.69 Å². The summed E-state index contributed by atoms with van der Waals surface area (Å²) in [6.07, 6.45) is 1.90. The fourth-order valence-electron chi connectivity index (χ4n) is 2.43. The lowest BCUT2D eigenvalue weighted by Crippen LogP contribution is -2.38. The van der Waals surface area contributed by atoms with Crippen molar-refractivity contribution in [1.82, 2.24) is 10.2 Å². The van der Waals surface area contributed by atoms with Crippen molar-refractivity contribution in [2.75, 3.05) is 20.1 Å². The standard InChI is InChI=1S/C14H19N3O3/c1-16(13-7-8-15-10-13)14(18)6-5-11-3-2-4-12(9-11)17(19)20/h2-4,9,13,15H,5-8,10H2,1H3. The first-order valence-corrected chi connectivity index (χ1v) is 6.77. The number of carbonyl (C=O) groups excluding carboxylic acids is 1. The number of benzene rings is 1. The van der Waals surface area contributed by atoms with E-state index in [0.717, 1.165) is 25.1 Å². The van der Waals surface area contributed by atoms with E-state index in [1.807, 2.05) is 13.1 Å². The second kappa shape index (κ2) is 6.47. The van der Waals surface area contributed by atoms with Crippen molar-refractivity contribution in [3.05, 3.63) is 39.9 Å². The van der Waals surface area contributed by atoms with Crippen molar-refractivity contribution in [2.45, 2.75) is 25.3 Å². The topological polar surface area (TPSA) is 75.5 Å². The fraction of sp³-hybridized carbons (Fsp3) is 0.500. The molecule has 20 heavy (non-hydrogen) atoms. The number of hydrogen-bond acceptors (Lipinski definition) is 4. The number of nitro groups is 1. The summed E-state index contributed by atoms with van der Waals surface area (Å²) in [5, 5.41) is 13.9. The van der Waals surface area contributed by atoms with Gasteiger partial charge in [0.25, 0.3) is 5.69 Å². The van der Waals surface area contributed by atoms with Crippen molar-refractivity contribution in [3.63, 3.8) is 0 Å². The van der Waals surface area contributed by atoms with Gasteiger partial charge < -0.3 is 10.2 Å². The number of non-ortho nitro benzene ring substituents is 1. The molecule has 1 aromatic rings. The normalized spacial score (nSPS) is 17.9. The average molecular weight is 277 g/mol. The summed E-state index contributed by atoms with van der Waals surface area (Å²) in [4.78, 5) is 24.2. The molecule has 1 aromatic carbocycles. The van der Waals surface area contributed by atoms with Gasteiger partial charge in [0.05, 0.1) is 4.92 Å². The lowest BCUT2D eigenvalue weighted by Gasteiger charge is -2.23. The van der Waals surface area contributed by atoms with Gasteiger partial charge in [0.1, 0.15) is 0 Å². The average Bonchev–Trinajstić information content (AvgIpc) is 2.98. The van der Waals surface area contributed by atoms with E-state index < -0.39 is 4.92 Å². The molecule has 108 valence electrons. The first kappa shape index (κ1) is 14.5. The number of rotatable bonds is 5. The third-order valence-corrected chi connectivity index (χ3v) is 3.72. The Labute approximate surface area is 117 Å². The second-order valence-electron chi connectivity index (χ2n) is 5.08. The fourth-order valence-corrected chi connectivity index (χ4v) is 2.43. The Morgan fingerprint density at radius 1 is 1.55 bits per heavy atom. The van der Waals surface area contributed by atoms with Gasteiger partial charge in [0.15, 0.2) is 0 Å². The van der Waals surface area contributed by atoms with Crippen molar-refractivity contribution < 1.29 is 9.72 Å². The van der Waals surface area contributed by atoms with Crippen molar-refractivity contribution in [1.29, 1.82) is 0 Å². The number of nitrogens with zero attached hydrogens (tertiary/aromatic N) is 2. The number of nitro benzene ring substituents is 1. The van der Waals surface area contributed by atoms with E-state index in [0.29, 0.717) is 12.8 Å². The van der Waals surface area contributed by atoms with Crippen LogP contribution in [0, 0.1) is 10.1 Å². The van der Waals surface area contributed by atoms with E-state index in [2.05, 4.69) is 5.32 Å². The van der Waals surface area contributed by atoms with Gasteiger partial charge >= 0.3 is 0 Å². The first-order valence-electron chi connectivity index (χ1n) is 6.77. The van der Waals surface area contributed by atoms with Crippen LogP contribution < -0.4 is 5.32 Å². The van der Waals surface area contributed by atoms with Gasteiger partial charge in [-0.3, -0.25) is 14.9 Å². The molecule has 2 rings (SSSR count). The highest BCUT2D eigenvalue weighted by atomic mass is 16.6. The number of amides is 1. The summed E-state index contributed by atoms with van der Waals surface area (Å²) < 4.78 is 0. The Morgan fingerprint density at radius 3 is 3.00 bits per heavy atom. The molecule has 0 aromatic heterocycles. The Morgan fingerprint density at radius 2 is 2.35 bits per heavy atom. The molecular weight excluding hydrogens is 258 g/mol. The maximum atomic E-state index is 12.1. The minimum Gasteiger partial charge on any atom is -0.341 e. The zero-order valence-corrected chi connectivity index (χ0v) is 11.5. The Bertz CT molecular complexity index is 498. The number of nitrogens with one attached hydrogen (secondary N) is 1. The predicted molar refractivity (Wildman–Crippen MR) is 75.5 cm³/mol. The Kier molecular flexibility index (Phi) is 4.68. The van der Waals surface area contributed by atoms with Crippen LogP contribution in [-0.2, 0) is 11.2 Å². The van der Waals surface area contributed by atoms with Crippen molar-refractivity contribution >= 4 is 11.6 Å². The van der Waals surface area contributed by atoms with E-state index in [4.69, 9.17) is 0 Å². The van der Waals surface area contributed by atoms with E-state index in [-0.39, 0.29) is 17.6 Å². The van der Waals surface area contributed by atoms with Gasteiger partial charge in [-0.2, -0.15) is 0 Å². The molecule has 1 saturated heterocycles. The van der Waals surface area contributed by atoms with Gasteiger partial charge in [-0.15, -0.1) is 0 Å². The molecule has 1 heterocycles. The molecule has 6 nitrogen and oxygen atoms in total. The van der Waals surface area contributed by atoms with Crippen LogP contribution in [0.1, 0.15) is 18.4 Å². The number of hydrogen-bond donors (Lipinski definition) is 1. The highest BCUT2D eigenvalue weighted by Crippen LogP contribution is 2.15. The lowest BCUT2D eigenvalue weighted by molar-refractivity contribution is -0.384. The highest BCUT2D eigenvalue weighted by Gasteiger charge is 2.22. The Balaban J connectivity index is 1.89. The zero-order valence-electron chi connectivity index (χ0n) is 11.5. The Hall–Kier alpha value is -1.95. The number of aryl methyl sites for hydroxylation is 1. The van der Waals surface area contributed by atoms with Crippen LogP contribution in [0.15, 0.2) is 24.3 Å². The highest BCUT2D eigenvalue weighted by molar-refractivity contribution is 5.76. The van der Waals surface area contributed by atoms with Gasteiger partial charge in [0.2, 0.25) is 5.91 Å². The molecule has 1 amide bonds. The van der Waals surface area contributed by atoms with Gasteiger partial charge in [-0.25, -0.2) is 0 Å². The molecule has 6 heteroatoms. The quantitative estimate of drug-likeness (QED) is 0.651. The molecular formula is C14H19N3O3. The van der Waals surface area contributed by atoms with Crippen LogP contribution >= 0.6 is 0 Å². The first-order chi connectivity index (χ1) is 9.58. The van der Waals surface area contributed by atoms with Crippen molar-refractivity contribution in [3.8, 4) is 0 Å². The van der Waals surface area contributed by atoms with Crippen LogP contribution in [0.5, 0.6) is 0 Å². The SMILES string of the molecule is CN(C(=O)CCc1cccc([N+](=O)[O-])c1)C1CCNC1. The molecule has 1 aliphatic heterocycles. The third kappa shape index (κ3) is 3.54. The molecule has 1 fully saturated rings. The van der Waals surface area contributed by atoms with Crippen LogP contribution in [0.25, 0.3) is 0 Å². The largest absolute Gasteiger partial charge is 0.341 e. The van der Waals surface area contributed by atoms with E-state index in [1.165, 1.54) is 12.1 Å². The molecule has 0 saturated carbocycles. The van der Waals surface area contributed by atoms with Gasteiger partial charge in [-0.05, 0) is 24.9 Å². The number of carbonyl (C=O) groups is 1. The summed E-state index contributed by atoms with van der Waals surface area (Å²) in [6, 6.07) is 6.74. The van der Waals surface area contributed by atoms with Crippen LogP contribution in [0.2, 0.25) is 0 Å². The number of likely N-dealkylation sites (N-methyl/N-ethyl adjacent to an activating group) is 1. The molecule has 1 atom stereocenters.